The van der Waals surface area contributed by atoms with Crippen molar-refractivity contribution in [2.75, 3.05) is 13.2 Å². The summed E-state index contributed by atoms with van der Waals surface area (Å²) < 4.78 is 51.5. The number of rotatable bonds is 4. The van der Waals surface area contributed by atoms with Crippen LogP contribution in [0.25, 0.3) is 0 Å². The van der Waals surface area contributed by atoms with Gasteiger partial charge >= 0.3 is 0 Å². The van der Waals surface area contributed by atoms with Crippen molar-refractivity contribution in [3.05, 3.63) is 29.0 Å². The van der Waals surface area contributed by atoms with Crippen molar-refractivity contribution in [3.63, 3.8) is 0 Å². The minimum atomic E-state index is -3.76. The maximum Gasteiger partial charge on any atom is 0.240 e. The summed E-state index contributed by atoms with van der Waals surface area (Å²) in [6.07, 6.45) is 3.51. The molecule has 1 saturated carbocycles. The Hall–Kier alpha value is -0.730. The van der Waals surface area contributed by atoms with Crippen LogP contribution in [-0.4, -0.2) is 33.5 Å². The molecule has 1 aliphatic heterocycles. The van der Waals surface area contributed by atoms with Gasteiger partial charge in [0.2, 0.25) is 10.0 Å². The van der Waals surface area contributed by atoms with Crippen LogP contribution < -0.4 is 4.72 Å². The highest BCUT2D eigenvalue weighted by atomic mass is 35.5. The minimum absolute atomic E-state index is 0.0756. The number of sulfonamides is 1. The number of benzene rings is 1. The molecule has 122 valence electrons. The van der Waals surface area contributed by atoms with Gasteiger partial charge in [-0.05, 0) is 31.0 Å². The summed E-state index contributed by atoms with van der Waals surface area (Å²) in [6.45, 7) is 0.478. The summed E-state index contributed by atoms with van der Waals surface area (Å²) in [6, 6.07) is 3.29. The average molecular weight is 350 g/mol. The van der Waals surface area contributed by atoms with Crippen LogP contribution in [0.3, 0.4) is 0 Å². The number of nitrogens with one attached hydrogen (secondary N) is 1. The molecule has 1 aliphatic carbocycles. The predicted molar refractivity (Wildman–Crippen MR) is 78.6 cm³/mol. The van der Waals surface area contributed by atoms with E-state index in [1.54, 1.807) is 0 Å². The van der Waals surface area contributed by atoms with Gasteiger partial charge in [0.25, 0.3) is 0 Å². The molecule has 1 aromatic carbocycles. The smallest absolute Gasteiger partial charge is 0.240 e. The van der Waals surface area contributed by atoms with Crippen molar-refractivity contribution in [2.45, 2.75) is 42.5 Å². The minimum Gasteiger partial charge on any atom is -0.347 e. The molecule has 0 bridgehead atoms. The molecule has 0 unspecified atom stereocenters. The van der Waals surface area contributed by atoms with Crippen molar-refractivity contribution in [1.29, 1.82) is 0 Å². The van der Waals surface area contributed by atoms with E-state index < -0.39 is 21.6 Å². The van der Waals surface area contributed by atoms with E-state index in [1.165, 1.54) is 6.07 Å². The zero-order valence-electron chi connectivity index (χ0n) is 11.8. The van der Waals surface area contributed by atoms with Crippen molar-refractivity contribution in [3.8, 4) is 0 Å². The second kappa shape index (κ2) is 6.05. The molecule has 1 spiro atoms. The summed E-state index contributed by atoms with van der Waals surface area (Å²) in [5.74, 6) is -1.17. The van der Waals surface area contributed by atoms with E-state index >= 15 is 0 Å². The molecule has 1 heterocycles. The molecule has 2 aliphatic rings. The van der Waals surface area contributed by atoms with Gasteiger partial charge in [-0.15, -0.1) is 0 Å². The quantitative estimate of drug-likeness (QED) is 0.906. The fraction of sp³-hybridized carbons (Fsp3) is 0.571. The Morgan fingerprint density at radius 2 is 2.09 bits per heavy atom. The lowest BCUT2D eigenvalue weighted by atomic mass is 10.2. The molecule has 5 nitrogen and oxygen atoms in total. The third kappa shape index (κ3) is 3.28. The van der Waals surface area contributed by atoms with Gasteiger partial charge in [0, 0.05) is 19.4 Å². The van der Waals surface area contributed by atoms with Crippen LogP contribution in [0.1, 0.15) is 25.7 Å². The Morgan fingerprint density at radius 1 is 1.36 bits per heavy atom. The molecule has 22 heavy (non-hydrogen) atoms. The zero-order valence-corrected chi connectivity index (χ0v) is 13.4. The van der Waals surface area contributed by atoms with Gasteiger partial charge in [-0.1, -0.05) is 11.6 Å². The molecule has 0 radical (unpaired) electrons. The fourth-order valence-corrected chi connectivity index (χ4v) is 4.16. The number of hydrogen-bond donors (Lipinski definition) is 1. The highest BCUT2D eigenvalue weighted by molar-refractivity contribution is 7.89. The third-order valence-electron chi connectivity index (χ3n) is 3.98. The lowest BCUT2D eigenvalue weighted by molar-refractivity contribution is -0.160. The lowest BCUT2D eigenvalue weighted by Gasteiger charge is -2.21. The fourth-order valence-electron chi connectivity index (χ4n) is 2.82. The van der Waals surface area contributed by atoms with E-state index in [2.05, 4.69) is 4.72 Å². The Bertz CT molecular complexity index is 661. The maximum atomic E-state index is 13.1. The van der Waals surface area contributed by atoms with Crippen LogP contribution >= 0.6 is 11.6 Å². The molecule has 8 heteroatoms. The molecule has 1 saturated heterocycles. The van der Waals surface area contributed by atoms with E-state index in [9.17, 15) is 12.8 Å². The summed E-state index contributed by atoms with van der Waals surface area (Å²) in [7, 11) is -3.76. The molecule has 1 N–H and O–H groups in total. The van der Waals surface area contributed by atoms with Gasteiger partial charge in [0.1, 0.15) is 5.82 Å². The second-order valence-corrected chi connectivity index (χ2v) is 7.77. The normalized spacial score (nSPS) is 24.2. The Kier molecular flexibility index (Phi) is 4.44. The summed E-state index contributed by atoms with van der Waals surface area (Å²) in [5.41, 5.74) is 0. The molecule has 0 aromatic heterocycles. The van der Waals surface area contributed by atoms with E-state index in [-0.39, 0.29) is 22.6 Å². The van der Waals surface area contributed by atoms with E-state index in [4.69, 9.17) is 21.1 Å². The second-order valence-electron chi connectivity index (χ2n) is 5.60. The van der Waals surface area contributed by atoms with E-state index in [1.807, 2.05) is 0 Å². The highest BCUT2D eigenvalue weighted by Crippen LogP contribution is 2.39. The Labute approximate surface area is 133 Å². The molecular weight excluding hydrogens is 333 g/mol. The van der Waals surface area contributed by atoms with E-state index in [0.717, 1.165) is 37.8 Å². The zero-order chi connectivity index (χ0) is 15.8. The lowest BCUT2D eigenvalue weighted by Crippen LogP contribution is -2.35. The standard InChI is InChI=1S/C14H17ClFNO4S/c15-12-7-11(3-4-13(12)16)22(18,19)17-8-10-9-20-14(21-10)5-1-2-6-14/h3-4,7,10,17H,1-2,5-6,8-9H2/t10-/m1/s1. The van der Waals surface area contributed by atoms with E-state index in [0.29, 0.717) is 6.61 Å². The first-order valence-electron chi connectivity index (χ1n) is 7.17. The average Bonchev–Trinajstić information content (AvgIpc) is 3.10. The van der Waals surface area contributed by atoms with Crippen molar-refractivity contribution >= 4 is 21.6 Å². The number of hydrogen-bond acceptors (Lipinski definition) is 4. The molecule has 1 aromatic rings. The van der Waals surface area contributed by atoms with Crippen molar-refractivity contribution in [2.24, 2.45) is 0 Å². The van der Waals surface area contributed by atoms with Crippen LogP contribution in [-0.2, 0) is 19.5 Å². The first-order chi connectivity index (χ1) is 10.4. The van der Waals surface area contributed by atoms with Crippen LogP contribution in [0.2, 0.25) is 5.02 Å². The first kappa shape index (κ1) is 16.1. The van der Waals surface area contributed by atoms with Crippen molar-refractivity contribution in [1.82, 2.24) is 4.72 Å². The number of halogens is 2. The SMILES string of the molecule is O=S(=O)(NC[C@@H]1COC2(CCCC2)O1)c1ccc(F)c(Cl)c1. The third-order valence-corrected chi connectivity index (χ3v) is 5.69. The largest absolute Gasteiger partial charge is 0.347 e. The summed E-state index contributed by atoms with van der Waals surface area (Å²) in [5, 5.41) is -0.228. The molecule has 0 amide bonds. The predicted octanol–water partition coefficient (Wildman–Crippen LogP) is 2.44. The summed E-state index contributed by atoms with van der Waals surface area (Å²) >= 11 is 5.62. The molecule has 1 atom stereocenters. The number of ether oxygens (including phenoxy) is 2. The van der Waals surface area contributed by atoms with Gasteiger partial charge in [-0.3, -0.25) is 0 Å². The Morgan fingerprint density at radius 3 is 2.77 bits per heavy atom. The van der Waals surface area contributed by atoms with Gasteiger partial charge in [0.15, 0.2) is 5.79 Å². The highest BCUT2D eigenvalue weighted by Gasteiger charge is 2.43. The Balaban J connectivity index is 1.62. The van der Waals surface area contributed by atoms with Gasteiger partial charge < -0.3 is 9.47 Å². The van der Waals surface area contributed by atoms with Gasteiger partial charge in [0.05, 0.1) is 22.6 Å². The van der Waals surface area contributed by atoms with Gasteiger partial charge in [-0.25, -0.2) is 17.5 Å². The first-order valence-corrected chi connectivity index (χ1v) is 9.03. The van der Waals surface area contributed by atoms with Crippen LogP contribution in [0.4, 0.5) is 4.39 Å². The van der Waals surface area contributed by atoms with Crippen molar-refractivity contribution < 1.29 is 22.3 Å². The van der Waals surface area contributed by atoms with Gasteiger partial charge in [-0.2, -0.15) is 0 Å². The topological polar surface area (TPSA) is 64.6 Å². The van der Waals surface area contributed by atoms with Crippen LogP contribution in [0.5, 0.6) is 0 Å². The van der Waals surface area contributed by atoms with Crippen LogP contribution in [0.15, 0.2) is 23.1 Å². The monoisotopic (exact) mass is 349 g/mol. The van der Waals surface area contributed by atoms with Crippen LogP contribution in [0, 0.1) is 5.82 Å². The molecule has 2 fully saturated rings. The molecule has 3 rings (SSSR count). The summed E-state index contributed by atoms with van der Waals surface area (Å²) in [4.78, 5) is -0.0756. The molecular formula is C14H17ClFNO4S. The maximum absolute atomic E-state index is 13.1.